The lowest BCUT2D eigenvalue weighted by atomic mass is 9.93. The zero-order chi connectivity index (χ0) is 20.7. The number of aromatic nitrogens is 1. The van der Waals surface area contributed by atoms with Crippen molar-refractivity contribution in [2.24, 2.45) is 0 Å². The summed E-state index contributed by atoms with van der Waals surface area (Å²) in [6.07, 6.45) is 0.190. The second kappa shape index (κ2) is 7.39. The van der Waals surface area contributed by atoms with Crippen LogP contribution < -0.4 is 4.90 Å². The molecule has 1 atom stereocenters. The van der Waals surface area contributed by atoms with Crippen LogP contribution in [0.4, 0.5) is 5.13 Å². The summed E-state index contributed by atoms with van der Waals surface area (Å²) < 4.78 is 6.64. The summed E-state index contributed by atoms with van der Waals surface area (Å²) >= 11 is 1.48. The van der Waals surface area contributed by atoms with Gasteiger partial charge in [0.1, 0.15) is 6.10 Å². The highest BCUT2D eigenvalue weighted by molar-refractivity contribution is 7.22. The van der Waals surface area contributed by atoms with E-state index in [0.29, 0.717) is 22.7 Å². The molecule has 0 saturated carbocycles. The van der Waals surface area contributed by atoms with E-state index in [0.717, 1.165) is 21.3 Å². The lowest BCUT2D eigenvalue weighted by molar-refractivity contribution is 0.0252. The fourth-order valence-electron chi connectivity index (χ4n) is 3.67. The summed E-state index contributed by atoms with van der Waals surface area (Å²) in [5, 5.41) is 0.639. The lowest BCUT2D eigenvalue weighted by Crippen LogP contribution is -2.27. The van der Waals surface area contributed by atoms with Crippen LogP contribution in [0.25, 0.3) is 10.2 Å². The number of fused-ring (bicyclic) bond motifs is 2. The normalized spacial score (nSPS) is 15.5. The minimum Gasteiger partial charge on any atom is -0.454 e. The van der Waals surface area contributed by atoms with Crippen LogP contribution in [0.1, 0.15) is 37.9 Å². The zero-order valence-corrected chi connectivity index (χ0v) is 17.1. The van der Waals surface area contributed by atoms with E-state index in [2.05, 4.69) is 4.98 Å². The molecule has 1 aliphatic heterocycles. The van der Waals surface area contributed by atoms with Crippen LogP contribution in [0.15, 0.2) is 72.8 Å². The number of carbonyl (C=O) groups is 2. The van der Waals surface area contributed by atoms with Gasteiger partial charge in [0, 0.05) is 19.0 Å². The van der Waals surface area contributed by atoms with Crippen molar-refractivity contribution < 1.29 is 14.3 Å². The standard InChI is InChI=1S/C24H18N2O3S/c1-26(24-25-19-9-5-6-10-21(19)30-24)22(27)16-11-12-18-17(13-16)14-20(29-23(18)28)15-7-3-2-4-8-15/h2-13,20H,14H2,1H3/t20-/m1/s1. The number of anilines is 1. The number of rotatable bonds is 3. The van der Waals surface area contributed by atoms with Gasteiger partial charge in [-0.15, -0.1) is 0 Å². The van der Waals surface area contributed by atoms with Gasteiger partial charge in [-0.3, -0.25) is 9.69 Å². The summed E-state index contributed by atoms with van der Waals surface area (Å²) in [5.41, 5.74) is 3.68. The van der Waals surface area contributed by atoms with E-state index in [9.17, 15) is 9.59 Å². The molecule has 0 N–H and O–H groups in total. The molecule has 148 valence electrons. The van der Waals surface area contributed by atoms with Gasteiger partial charge in [-0.2, -0.15) is 0 Å². The predicted octanol–water partition coefficient (Wildman–Crippen LogP) is 5.03. The smallest absolute Gasteiger partial charge is 0.339 e. The Labute approximate surface area is 177 Å². The molecule has 5 nitrogen and oxygen atoms in total. The summed E-state index contributed by atoms with van der Waals surface area (Å²) in [7, 11) is 1.72. The average molecular weight is 414 g/mol. The van der Waals surface area contributed by atoms with Gasteiger partial charge < -0.3 is 4.74 Å². The molecule has 4 aromatic rings. The lowest BCUT2D eigenvalue weighted by Gasteiger charge is -2.25. The van der Waals surface area contributed by atoms with Crippen LogP contribution in [0.5, 0.6) is 0 Å². The third-order valence-corrected chi connectivity index (χ3v) is 6.39. The van der Waals surface area contributed by atoms with Crippen molar-refractivity contribution in [2.45, 2.75) is 12.5 Å². The summed E-state index contributed by atoms with van der Waals surface area (Å²) in [6.45, 7) is 0. The summed E-state index contributed by atoms with van der Waals surface area (Å²) in [6, 6.07) is 22.6. The molecule has 3 aromatic carbocycles. The van der Waals surface area contributed by atoms with Crippen molar-refractivity contribution in [3.63, 3.8) is 0 Å². The molecule has 0 bridgehead atoms. The fraction of sp³-hybridized carbons (Fsp3) is 0.125. The van der Waals surface area contributed by atoms with Crippen molar-refractivity contribution in [3.05, 3.63) is 95.1 Å². The van der Waals surface area contributed by atoms with E-state index in [1.807, 2.05) is 54.6 Å². The first-order valence-corrected chi connectivity index (χ1v) is 10.4. The van der Waals surface area contributed by atoms with Gasteiger partial charge in [0.15, 0.2) is 5.13 Å². The Morgan fingerprint density at radius 3 is 2.63 bits per heavy atom. The van der Waals surface area contributed by atoms with Gasteiger partial charge in [-0.05, 0) is 41.5 Å². The molecule has 2 heterocycles. The molecular weight excluding hydrogens is 396 g/mol. The monoisotopic (exact) mass is 414 g/mol. The third kappa shape index (κ3) is 3.25. The maximum absolute atomic E-state index is 13.1. The van der Waals surface area contributed by atoms with Crippen LogP contribution in [0, 0.1) is 0 Å². The van der Waals surface area contributed by atoms with Gasteiger partial charge in [0.25, 0.3) is 5.91 Å². The first-order valence-electron chi connectivity index (χ1n) is 9.62. The van der Waals surface area contributed by atoms with Crippen LogP contribution in [0.3, 0.4) is 0 Å². The van der Waals surface area contributed by atoms with Gasteiger partial charge in [-0.1, -0.05) is 53.8 Å². The van der Waals surface area contributed by atoms with Crippen LogP contribution >= 0.6 is 11.3 Å². The molecule has 0 spiro atoms. The van der Waals surface area contributed by atoms with E-state index in [1.54, 1.807) is 30.1 Å². The number of nitrogens with zero attached hydrogens (tertiary/aromatic N) is 2. The minimum absolute atomic E-state index is 0.160. The fourth-order valence-corrected chi connectivity index (χ4v) is 4.59. The Morgan fingerprint density at radius 1 is 1.07 bits per heavy atom. The largest absolute Gasteiger partial charge is 0.454 e. The van der Waals surface area contributed by atoms with Gasteiger partial charge in [0.2, 0.25) is 0 Å². The van der Waals surface area contributed by atoms with Crippen LogP contribution in [-0.4, -0.2) is 23.9 Å². The summed E-state index contributed by atoms with van der Waals surface area (Å²) in [4.78, 5) is 31.7. The van der Waals surface area contributed by atoms with Gasteiger partial charge in [-0.25, -0.2) is 9.78 Å². The number of benzene rings is 3. The molecule has 0 saturated heterocycles. The number of hydrogen-bond donors (Lipinski definition) is 0. The topological polar surface area (TPSA) is 59.5 Å². The number of thiazole rings is 1. The van der Waals surface area contributed by atoms with Crippen molar-refractivity contribution in [1.29, 1.82) is 0 Å². The number of esters is 1. The first kappa shape index (κ1) is 18.5. The molecule has 6 heteroatoms. The number of amides is 1. The highest BCUT2D eigenvalue weighted by Crippen LogP contribution is 2.32. The number of ether oxygens (including phenoxy) is 1. The van der Waals surface area contributed by atoms with Crippen LogP contribution in [-0.2, 0) is 11.2 Å². The Morgan fingerprint density at radius 2 is 1.83 bits per heavy atom. The van der Waals surface area contributed by atoms with Crippen molar-refractivity contribution in [3.8, 4) is 0 Å². The van der Waals surface area contributed by atoms with E-state index >= 15 is 0 Å². The van der Waals surface area contributed by atoms with E-state index in [-0.39, 0.29) is 18.0 Å². The number of cyclic esters (lactones) is 1. The van der Waals surface area contributed by atoms with Crippen molar-refractivity contribution in [1.82, 2.24) is 4.98 Å². The SMILES string of the molecule is CN(C(=O)c1ccc2c(c1)C[C@H](c1ccccc1)OC2=O)c1nc2ccccc2s1. The molecule has 0 aliphatic carbocycles. The Hall–Kier alpha value is -3.51. The van der Waals surface area contributed by atoms with Crippen LogP contribution in [0.2, 0.25) is 0 Å². The molecule has 0 radical (unpaired) electrons. The number of para-hydroxylation sites is 1. The third-order valence-electron chi connectivity index (χ3n) is 5.27. The molecule has 30 heavy (non-hydrogen) atoms. The molecule has 1 amide bonds. The maximum atomic E-state index is 13.1. The first-order chi connectivity index (χ1) is 14.6. The number of carbonyl (C=O) groups excluding carboxylic acids is 2. The maximum Gasteiger partial charge on any atom is 0.339 e. The van der Waals surface area contributed by atoms with Crippen molar-refractivity contribution in [2.75, 3.05) is 11.9 Å². The molecule has 0 fully saturated rings. The second-order valence-electron chi connectivity index (χ2n) is 7.21. The van der Waals surface area contributed by atoms with Gasteiger partial charge >= 0.3 is 5.97 Å². The Bertz CT molecular complexity index is 1230. The van der Waals surface area contributed by atoms with E-state index in [1.165, 1.54) is 11.3 Å². The zero-order valence-electron chi connectivity index (χ0n) is 16.2. The Kier molecular flexibility index (Phi) is 4.56. The van der Waals surface area contributed by atoms with Crippen molar-refractivity contribution >= 4 is 38.6 Å². The summed E-state index contributed by atoms with van der Waals surface area (Å²) in [5.74, 6) is -0.518. The van der Waals surface area contributed by atoms with Gasteiger partial charge in [0.05, 0.1) is 15.8 Å². The average Bonchev–Trinajstić information content (AvgIpc) is 3.22. The van der Waals surface area contributed by atoms with E-state index < -0.39 is 0 Å². The molecule has 0 unspecified atom stereocenters. The quantitative estimate of drug-likeness (QED) is 0.441. The molecular formula is C24H18N2O3S. The van der Waals surface area contributed by atoms with E-state index in [4.69, 9.17) is 4.74 Å². The number of hydrogen-bond acceptors (Lipinski definition) is 5. The molecule has 5 rings (SSSR count). The highest BCUT2D eigenvalue weighted by Gasteiger charge is 2.29. The minimum atomic E-state index is -0.358. The highest BCUT2D eigenvalue weighted by atomic mass is 32.1. The molecule has 1 aliphatic rings. The predicted molar refractivity (Wildman–Crippen MR) is 117 cm³/mol. The Balaban J connectivity index is 1.44. The molecule has 1 aromatic heterocycles. The second-order valence-corrected chi connectivity index (χ2v) is 8.22.